The van der Waals surface area contributed by atoms with E-state index in [4.69, 9.17) is 4.74 Å². The molecule has 1 aliphatic heterocycles. The van der Waals surface area contributed by atoms with Gasteiger partial charge in [-0.15, -0.1) is 0 Å². The molecule has 0 N–H and O–H groups in total. The summed E-state index contributed by atoms with van der Waals surface area (Å²) in [5.41, 5.74) is 2.55. The summed E-state index contributed by atoms with van der Waals surface area (Å²) in [4.78, 5) is 28.4. The number of carbonyl (C=O) groups excluding carboxylic acids is 2. The zero-order valence-electron chi connectivity index (χ0n) is 17.5. The van der Waals surface area contributed by atoms with Crippen molar-refractivity contribution in [2.24, 2.45) is 0 Å². The minimum absolute atomic E-state index is 0.0319. The van der Waals surface area contributed by atoms with Crippen molar-refractivity contribution in [3.8, 4) is 0 Å². The Hall–Kier alpha value is -3.66. The van der Waals surface area contributed by atoms with E-state index >= 15 is 0 Å². The van der Waals surface area contributed by atoms with E-state index in [1.54, 1.807) is 11.8 Å². The maximum absolute atomic E-state index is 13.3. The summed E-state index contributed by atoms with van der Waals surface area (Å²) in [5, 5.41) is 3.58. The van der Waals surface area contributed by atoms with Crippen LogP contribution < -0.4 is 4.90 Å². The number of anilines is 1. The van der Waals surface area contributed by atoms with Gasteiger partial charge in [0, 0.05) is 11.7 Å². The Morgan fingerprint density at radius 3 is 2.16 bits per heavy atom. The first-order valence-corrected chi connectivity index (χ1v) is 10.6. The third-order valence-electron chi connectivity index (χ3n) is 6.05. The van der Waals surface area contributed by atoms with Crippen LogP contribution in [0.25, 0.3) is 21.5 Å². The summed E-state index contributed by atoms with van der Waals surface area (Å²) in [6.45, 7) is 3.67. The predicted molar refractivity (Wildman–Crippen MR) is 123 cm³/mol. The molecule has 2 atom stereocenters. The van der Waals surface area contributed by atoms with Gasteiger partial charge < -0.3 is 9.64 Å². The standard InChI is InChI=1S/C27H23NO3/c1-17-15-21-11-5-8-14-24(21)28(17)26(29)18(2)31-27(30)25-22-12-6-3-9-19(22)16-20-10-4-7-13-23(20)25/h3-14,16-18H,15H2,1-2H3/t17-,18+/m1/s1. The van der Waals surface area contributed by atoms with E-state index in [-0.39, 0.29) is 11.9 Å². The van der Waals surface area contributed by atoms with Crippen LogP contribution in [-0.4, -0.2) is 24.0 Å². The van der Waals surface area contributed by atoms with Gasteiger partial charge in [0.15, 0.2) is 6.10 Å². The average molecular weight is 409 g/mol. The average Bonchev–Trinajstić information content (AvgIpc) is 3.12. The van der Waals surface area contributed by atoms with Gasteiger partial charge in [-0.25, -0.2) is 4.79 Å². The first kappa shape index (κ1) is 19.3. The fourth-order valence-corrected chi connectivity index (χ4v) is 4.60. The van der Waals surface area contributed by atoms with Crippen molar-refractivity contribution < 1.29 is 14.3 Å². The number of nitrogens with zero attached hydrogens (tertiary/aromatic N) is 1. The molecule has 1 aliphatic rings. The first-order chi connectivity index (χ1) is 15.0. The number of benzene rings is 4. The minimum atomic E-state index is -0.890. The summed E-state index contributed by atoms with van der Waals surface area (Å²) < 4.78 is 5.76. The van der Waals surface area contributed by atoms with Crippen LogP contribution in [0.15, 0.2) is 78.9 Å². The highest BCUT2D eigenvalue weighted by atomic mass is 16.5. The molecule has 1 heterocycles. The number of rotatable bonds is 3. The van der Waals surface area contributed by atoms with Crippen LogP contribution in [0.4, 0.5) is 5.69 Å². The number of amides is 1. The van der Waals surface area contributed by atoms with Crippen molar-refractivity contribution in [1.82, 2.24) is 0 Å². The molecule has 1 amide bonds. The molecule has 5 rings (SSSR count). The lowest BCUT2D eigenvalue weighted by Crippen LogP contribution is -2.43. The number of para-hydroxylation sites is 1. The quantitative estimate of drug-likeness (QED) is 0.331. The fraction of sp³-hybridized carbons (Fsp3) is 0.185. The third-order valence-corrected chi connectivity index (χ3v) is 6.05. The Labute approximate surface area is 181 Å². The highest BCUT2D eigenvalue weighted by molar-refractivity contribution is 6.17. The van der Waals surface area contributed by atoms with Crippen molar-refractivity contribution in [2.75, 3.05) is 4.90 Å². The molecule has 0 saturated carbocycles. The molecule has 4 nitrogen and oxygen atoms in total. The Morgan fingerprint density at radius 2 is 1.48 bits per heavy atom. The molecule has 4 aromatic rings. The zero-order valence-corrected chi connectivity index (χ0v) is 17.5. The van der Waals surface area contributed by atoms with Crippen molar-refractivity contribution in [2.45, 2.75) is 32.4 Å². The Balaban J connectivity index is 1.49. The number of hydrogen-bond donors (Lipinski definition) is 0. The van der Waals surface area contributed by atoms with Crippen molar-refractivity contribution in [3.63, 3.8) is 0 Å². The van der Waals surface area contributed by atoms with Gasteiger partial charge in [0.1, 0.15) is 0 Å². The number of carbonyl (C=O) groups is 2. The molecule has 0 saturated heterocycles. The highest BCUT2D eigenvalue weighted by Gasteiger charge is 2.34. The highest BCUT2D eigenvalue weighted by Crippen LogP contribution is 2.33. The van der Waals surface area contributed by atoms with Crippen LogP contribution in [0.5, 0.6) is 0 Å². The van der Waals surface area contributed by atoms with E-state index < -0.39 is 12.1 Å². The molecule has 0 aliphatic carbocycles. The molecule has 0 bridgehead atoms. The van der Waals surface area contributed by atoms with Gasteiger partial charge in [0.2, 0.25) is 0 Å². The molecule has 0 fully saturated rings. The zero-order chi connectivity index (χ0) is 21.5. The van der Waals surface area contributed by atoms with Gasteiger partial charge >= 0.3 is 5.97 Å². The maximum atomic E-state index is 13.3. The van der Waals surface area contributed by atoms with Gasteiger partial charge in [-0.2, -0.15) is 0 Å². The van der Waals surface area contributed by atoms with Crippen LogP contribution in [0.1, 0.15) is 29.8 Å². The molecule has 4 aromatic carbocycles. The topological polar surface area (TPSA) is 46.6 Å². The van der Waals surface area contributed by atoms with Gasteiger partial charge in [-0.05, 0) is 59.5 Å². The summed E-state index contributed by atoms with van der Waals surface area (Å²) in [6.07, 6.45) is -0.0878. The molecule has 0 radical (unpaired) electrons. The second-order valence-electron chi connectivity index (χ2n) is 8.13. The van der Waals surface area contributed by atoms with E-state index in [0.29, 0.717) is 5.56 Å². The monoisotopic (exact) mass is 409 g/mol. The lowest BCUT2D eigenvalue weighted by molar-refractivity contribution is -0.126. The van der Waals surface area contributed by atoms with E-state index in [2.05, 4.69) is 6.07 Å². The van der Waals surface area contributed by atoms with E-state index in [9.17, 15) is 9.59 Å². The largest absolute Gasteiger partial charge is 0.449 e. The second-order valence-corrected chi connectivity index (χ2v) is 8.13. The van der Waals surface area contributed by atoms with Crippen LogP contribution >= 0.6 is 0 Å². The van der Waals surface area contributed by atoms with Crippen molar-refractivity contribution in [3.05, 3.63) is 90.0 Å². The van der Waals surface area contributed by atoms with Crippen LogP contribution in [0, 0.1) is 0 Å². The van der Waals surface area contributed by atoms with Crippen LogP contribution in [-0.2, 0) is 16.0 Å². The summed E-state index contributed by atoms with van der Waals surface area (Å²) in [5.74, 6) is -0.677. The molecule has 0 aromatic heterocycles. The number of fused-ring (bicyclic) bond motifs is 3. The summed E-state index contributed by atoms with van der Waals surface area (Å²) in [7, 11) is 0. The molecule has 4 heteroatoms. The molecule has 154 valence electrons. The van der Waals surface area contributed by atoms with Crippen LogP contribution in [0.3, 0.4) is 0 Å². The smallest absolute Gasteiger partial charge is 0.340 e. The molecule has 0 unspecified atom stereocenters. The lowest BCUT2D eigenvalue weighted by Gasteiger charge is -2.26. The molecule has 31 heavy (non-hydrogen) atoms. The summed E-state index contributed by atoms with van der Waals surface area (Å²) in [6, 6.07) is 25.5. The Morgan fingerprint density at radius 1 is 0.903 bits per heavy atom. The SMILES string of the molecule is C[C@H](OC(=O)c1c2ccccc2cc2ccccc12)C(=O)N1c2ccccc2C[C@H]1C. The van der Waals surface area contributed by atoms with Crippen LogP contribution in [0.2, 0.25) is 0 Å². The van der Waals surface area contributed by atoms with Gasteiger partial charge in [0.05, 0.1) is 5.56 Å². The lowest BCUT2D eigenvalue weighted by atomic mass is 9.97. The van der Waals surface area contributed by atoms with E-state index in [1.165, 1.54) is 0 Å². The normalized spacial score (nSPS) is 16.3. The minimum Gasteiger partial charge on any atom is -0.449 e. The number of esters is 1. The number of hydrogen-bond acceptors (Lipinski definition) is 3. The third kappa shape index (κ3) is 3.25. The van der Waals surface area contributed by atoms with E-state index in [0.717, 1.165) is 39.2 Å². The van der Waals surface area contributed by atoms with Crippen molar-refractivity contribution >= 4 is 39.1 Å². The Bertz CT molecular complexity index is 1270. The van der Waals surface area contributed by atoms with Gasteiger partial charge in [0.25, 0.3) is 5.91 Å². The maximum Gasteiger partial charge on any atom is 0.340 e. The molecule has 0 spiro atoms. The van der Waals surface area contributed by atoms with Gasteiger partial charge in [-0.3, -0.25) is 4.79 Å². The first-order valence-electron chi connectivity index (χ1n) is 10.6. The Kier molecular flexibility index (Phi) is 4.70. The summed E-state index contributed by atoms with van der Waals surface area (Å²) >= 11 is 0. The molecular weight excluding hydrogens is 386 g/mol. The predicted octanol–water partition coefficient (Wildman–Crippen LogP) is 5.52. The van der Waals surface area contributed by atoms with Gasteiger partial charge in [-0.1, -0.05) is 66.7 Å². The fourth-order valence-electron chi connectivity index (χ4n) is 4.60. The van der Waals surface area contributed by atoms with E-state index in [1.807, 2.05) is 79.7 Å². The molecular formula is C27H23NO3. The van der Waals surface area contributed by atoms with Crippen molar-refractivity contribution in [1.29, 1.82) is 0 Å². The number of ether oxygens (including phenoxy) is 1. The second kappa shape index (κ2) is 7.55.